The van der Waals surface area contributed by atoms with Crippen LogP contribution in [0.5, 0.6) is 0 Å². The van der Waals surface area contributed by atoms with Crippen molar-refractivity contribution in [1.82, 2.24) is 15.5 Å². The molecule has 0 spiro atoms. The van der Waals surface area contributed by atoms with Crippen molar-refractivity contribution in [3.05, 3.63) is 35.9 Å². The fraction of sp³-hybridized carbons (Fsp3) is 0.588. The number of morpholine rings is 1. The van der Waals surface area contributed by atoms with E-state index in [4.69, 9.17) is 4.74 Å². The molecular formula is C17H27N3O2. The third-order valence-electron chi connectivity index (χ3n) is 3.78. The summed E-state index contributed by atoms with van der Waals surface area (Å²) in [6.45, 7) is 6.84. The van der Waals surface area contributed by atoms with E-state index in [1.54, 1.807) is 0 Å². The maximum atomic E-state index is 11.6. The van der Waals surface area contributed by atoms with E-state index in [0.717, 1.165) is 45.6 Å². The van der Waals surface area contributed by atoms with E-state index in [1.165, 1.54) is 5.56 Å². The van der Waals surface area contributed by atoms with Crippen molar-refractivity contribution in [2.75, 3.05) is 32.8 Å². The minimum atomic E-state index is -0.0998. The number of nitrogens with one attached hydrogen (secondary N) is 2. The Labute approximate surface area is 133 Å². The Kier molecular flexibility index (Phi) is 7.19. The summed E-state index contributed by atoms with van der Waals surface area (Å²) < 4.78 is 5.74. The molecule has 122 valence electrons. The van der Waals surface area contributed by atoms with E-state index >= 15 is 0 Å². The van der Waals surface area contributed by atoms with Crippen LogP contribution in [0.4, 0.5) is 4.79 Å². The standard InChI is InChI=1S/C17H27N3O2/c1-2-3-9-18-17(21)19-12-16-14-20(10-11-22-16)13-15-7-5-4-6-8-15/h4-8,16H,2-3,9-14H2,1H3,(H2,18,19,21)/t16-/m1/s1. The molecule has 1 saturated heterocycles. The van der Waals surface area contributed by atoms with E-state index in [-0.39, 0.29) is 12.1 Å². The first-order valence-corrected chi connectivity index (χ1v) is 8.17. The number of ether oxygens (including phenoxy) is 1. The minimum absolute atomic E-state index is 0.0642. The largest absolute Gasteiger partial charge is 0.374 e. The summed E-state index contributed by atoms with van der Waals surface area (Å²) in [7, 11) is 0. The number of hydrogen-bond acceptors (Lipinski definition) is 3. The average Bonchev–Trinajstić information content (AvgIpc) is 2.55. The Hall–Kier alpha value is -1.59. The number of amides is 2. The Morgan fingerprint density at radius 2 is 2.14 bits per heavy atom. The van der Waals surface area contributed by atoms with Gasteiger partial charge in [0, 0.05) is 32.7 Å². The predicted molar refractivity (Wildman–Crippen MR) is 87.8 cm³/mol. The SMILES string of the molecule is CCCCNC(=O)NC[C@@H]1CN(Cc2ccccc2)CCO1. The van der Waals surface area contributed by atoms with Crippen LogP contribution in [0.15, 0.2) is 30.3 Å². The summed E-state index contributed by atoms with van der Waals surface area (Å²) in [6.07, 6.45) is 2.16. The summed E-state index contributed by atoms with van der Waals surface area (Å²) >= 11 is 0. The van der Waals surface area contributed by atoms with Crippen LogP contribution < -0.4 is 10.6 Å². The molecular weight excluding hydrogens is 278 g/mol. The van der Waals surface area contributed by atoms with Crippen LogP contribution in [0.3, 0.4) is 0 Å². The average molecular weight is 305 g/mol. The zero-order valence-corrected chi connectivity index (χ0v) is 13.4. The molecule has 1 fully saturated rings. The van der Waals surface area contributed by atoms with Crippen LogP contribution in [0.1, 0.15) is 25.3 Å². The molecule has 0 unspecified atom stereocenters. The highest BCUT2D eigenvalue weighted by Gasteiger charge is 2.20. The predicted octanol–water partition coefficient (Wildman–Crippen LogP) is 1.99. The number of unbranched alkanes of at least 4 members (excludes halogenated alkanes) is 1. The van der Waals surface area contributed by atoms with E-state index < -0.39 is 0 Å². The van der Waals surface area contributed by atoms with Crippen molar-refractivity contribution in [2.45, 2.75) is 32.4 Å². The summed E-state index contributed by atoms with van der Waals surface area (Å²) in [6, 6.07) is 10.4. The van der Waals surface area contributed by atoms with Crippen molar-refractivity contribution in [1.29, 1.82) is 0 Å². The van der Waals surface area contributed by atoms with Crippen molar-refractivity contribution in [2.24, 2.45) is 0 Å². The highest BCUT2D eigenvalue weighted by molar-refractivity contribution is 5.73. The number of rotatable bonds is 7. The van der Waals surface area contributed by atoms with E-state index in [9.17, 15) is 4.79 Å². The summed E-state index contributed by atoms with van der Waals surface area (Å²) in [4.78, 5) is 14.0. The number of nitrogens with zero attached hydrogens (tertiary/aromatic N) is 1. The van der Waals surface area contributed by atoms with Crippen LogP contribution in [-0.2, 0) is 11.3 Å². The minimum Gasteiger partial charge on any atom is -0.374 e. The van der Waals surface area contributed by atoms with Gasteiger partial charge in [0.25, 0.3) is 0 Å². The molecule has 1 heterocycles. The van der Waals surface area contributed by atoms with Crippen molar-refractivity contribution in [3.63, 3.8) is 0 Å². The molecule has 2 amide bonds. The molecule has 1 aliphatic rings. The summed E-state index contributed by atoms with van der Waals surface area (Å²) in [5, 5.41) is 5.75. The molecule has 1 aromatic carbocycles. The molecule has 0 aliphatic carbocycles. The number of urea groups is 1. The smallest absolute Gasteiger partial charge is 0.314 e. The summed E-state index contributed by atoms with van der Waals surface area (Å²) in [5.41, 5.74) is 1.31. The van der Waals surface area contributed by atoms with Crippen LogP contribution in [-0.4, -0.2) is 49.8 Å². The molecule has 2 N–H and O–H groups in total. The van der Waals surface area contributed by atoms with Gasteiger partial charge < -0.3 is 15.4 Å². The molecule has 0 saturated carbocycles. The maximum Gasteiger partial charge on any atom is 0.314 e. The molecule has 1 aromatic rings. The molecule has 5 heteroatoms. The van der Waals surface area contributed by atoms with E-state index in [2.05, 4.69) is 46.7 Å². The van der Waals surface area contributed by atoms with Gasteiger partial charge in [-0.3, -0.25) is 4.90 Å². The lowest BCUT2D eigenvalue weighted by Gasteiger charge is -2.33. The van der Waals surface area contributed by atoms with Gasteiger partial charge in [-0.05, 0) is 12.0 Å². The molecule has 0 radical (unpaired) electrons. The highest BCUT2D eigenvalue weighted by atomic mass is 16.5. The lowest BCUT2D eigenvalue weighted by atomic mass is 10.2. The Morgan fingerprint density at radius 3 is 2.91 bits per heavy atom. The van der Waals surface area contributed by atoms with Gasteiger partial charge in [-0.15, -0.1) is 0 Å². The lowest BCUT2D eigenvalue weighted by Crippen LogP contribution is -2.48. The number of benzene rings is 1. The van der Waals surface area contributed by atoms with Crippen molar-refractivity contribution < 1.29 is 9.53 Å². The van der Waals surface area contributed by atoms with Gasteiger partial charge in [-0.2, -0.15) is 0 Å². The first-order chi connectivity index (χ1) is 10.8. The van der Waals surface area contributed by atoms with Crippen LogP contribution in [0.2, 0.25) is 0 Å². The molecule has 22 heavy (non-hydrogen) atoms. The molecule has 5 nitrogen and oxygen atoms in total. The first-order valence-electron chi connectivity index (χ1n) is 8.17. The van der Waals surface area contributed by atoms with Gasteiger partial charge in [0.05, 0.1) is 12.7 Å². The molecule has 0 aromatic heterocycles. The monoisotopic (exact) mass is 305 g/mol. The van der Waals surface area contributed by atoms with E-state index in [0.29, 0.717) is 6.54 Å². The molecule has 1 atom stereocenters. The van der Waals surface area contributed by atoms with Crippen molar-refractivity contribution in [3.8, 4) is 0 Å². The first kappa shape index (κ1) is 16.8. The second kappa shape index (κ2) is 9.43. The quantitative estimate of drug-likeness (QED) is 0.758. The van der Waals surface area contributed by atoms with Crippen molar-refractivity contribution >= 4 is 6.03 Å². The summed E-state index contributed by atoms with van der Waals surface area (Å²) in [5.74, 6) is 0. The molecule has 1 aliphatic heterocycles. The topological polar surface area (TPSA) is 53.6 Å². The third-order valence-corrected chi connectivity index (χ3v) is 3.78. The number of carbonyl (C=O) groups excluding carboxylic acids is 1. The zero-order valence-electron chi connectivity index (χ0n) is 13.4. The van der Waals surface area contributed by atoms with Gasteiger partial charge in [0.1, 0.15) is 0 Å². The van der Waals surface area contributed by atoms with Crippen LogP contribution in [0.25, 0.3) is 0 Å². The molecule has 0 bridgehead atoms. The Morgan fingerprint density at radius 1 is 1.32 bits per heavy atom. The highest BCUT2D eigenvalue weighted by Crippen LogP contribution is 2.10. The lowest BCUT2D eigenvalue weighted by molar-refractivity contribution is -0.0287. The van der Waals surface area contributed by atoms with Gasteiger partial charge >= 0.3 is 6.03 Å². The maximum absolute atomic E-state index is 11.6. The second-order valence-electron chi connectivity index (χ2n) is 5.70. The van der Waals surface area contributed by atoms with Gasteiger partial charge in [0.2, 0.25) is 0 Å². The Balaban J connectivity index is 1.68. The normalized spacial score (nSPS) is 18.9. The number of hydrogen-bond donors (Lipinski definition) is 2. The van der Waals surface area contributed by atoms with Gasteiger partial charge in [-0.1, -0.05) is 43.7 Å². The second-order valence-corrected chi connectivity index (χ2v) is 5.70. The van der Waals surface area contributed by atoms with Gasteiger partial charge in [0.15, 0.2) is 0 Å². The van der Waals surface area contributed by atoms with E-state index in [1.807, 2.05) is 6.07 Å². The zero-order chi connectivity index (χ0) is 15.6. The fourth-order valence-corrected chi connectivity index (χ4v) is 2.54. The van der Waals surface area contributed by atoms with Crippen LogP contribution >= 0.6 is 0 Å². The van der Waals surface area contributed by atoms with Gasteiger partial charge in [-0.25, -0.2) is 4.79 Å². The molecule has 2 rings (SSSR count). The number of carbonyl (C=O) groups is 1. The Bertz CT molecular complexity index is 439. The van der Waals surface area contributed by atoms with Crippen LogP contribution in [0, 0.1) is 0 Å². The fourth-order valence-electron chi connectivity index (χ4n) is 2.54. The third kappa shape index (κ3) is 6.03.